The third-order valence-electron chi connectivity index (χ3n) is 3.70. The summed E-state index contributed by atoms with van der Waals surface area (Å²) >= 11 is 0. The summed E-state index contributed by atoms with van der Waals surface area (Å²) < 4.78 is 2.04. The molecule has 16 heavy (non-hydrogen) atoms. The van der Waals surface area contributed by atoms with Crippen LogP contribution < -0.4 is 5.73 Å². The van der Waals surface area contributed by atoms with Crippen LogP contribution in [-0.4, -0.2) is 15.8 Å². The van der Waals surface area contributed by atoms with E-state index in [1.165, 1.54) is 18.4 Å². The molecule has 0 aromatic carbocycles. The SMILES string of the molecule is CCCn1cc(C2CC(C)CCC2N)cn1. The summed E-state index contributed by atoms with van der Waals surface area (Å²) in [5, 5.41) is 4.40. The largest absolute Gasteiger partial charge is 0.327 e. The fourth-order valence-corrected chi connectivity index (χ4v) is 2.71. The molecular weight excluding hydrogens is 198 g/mol. The van der Waals surface area contributed by atoms with E-state index in [2.05, 4.69) is 25.1 Å². The lowest BCUT2D eigenvalue weighted by Crippen LogP contribution is -2.33. The second-order valence-corrected chi connectivity index (χ2v) is 5.23. The molecule has 0 amide bonds. The van der Waals surface area contributed by atoms with Gasteiger partial charge >= 0.3 is 0 Å². The number of rotatable bonds is 3. The Morgan fingerprint density at radius 1 is 1.50 bits per heavy atom. The van der Waals surface area contributed by atoms with Crippen molar-refractivity contribution in [2.75, 3.05) is 0 Å². The zero-order valence-electron chi connectivity index (χ0n) is 10.4. The summed E-state index contributed by atoms with van der Waals surface area (Å²) in [7, 11) is 0. The Morgan fingerprint density at radius 3 is 3.06 bits per heavy atom. The summed E-state index contributed by atoms with van der Waals surface area (Å²) in [5.74, 6) is 1.33. The highest BCUT2D eigenvalue weighted by molar-refractivity contribution is 5.15. The molecule has 1 aliphatic rings. The van der Waals surface area contributed by atoms with E-state index in [-0.39, 0.29) is 0 Å². The molecule has 3 nitrogen and oxygen atoms in total. The van der Waals surface area contributed by atoms with Crippen LogP contribution in [0.15, 0.2) is 12.4 Å². The first-order chi connectivity index (χ1) is 7.70. The van der Waals surface area contributed by atoms with Crippen LogP contribution in [0, 0.1) is 5.92 Å². The normalized spacial score (nSPS) is 30.6. The predicted molar refractivity (Wildman–Crippen MR) is 66.2 cm³/mol. The van der Waals surface area contributed by atoms with Crippen LogP contribution in [-0.2, 0) is 6.54 Å². The number of aromatic nitrogens is 2. The van der Waals surface area contributed by atoms with E-state index in [0.717, 1.165) is 25.3 Å². The maximum atomic E-state index is 6.22. The lowest BCUT2D eigenvalue weighted by Gasteiger charge is -2.31. The molecule has 3 unspecified atom stereocenters. The number of hydrogen-bond donors (Lipinski definition) is 1. The molecular formula is C13H23N3. The Hall–Kier alpha value is -0.830. The third kappa shape index (κ3) is 2.46. The highest BCUT2D eigenvalue weighted by Gasteiger charge is 2.27. The Bertz CT molecular complexity index is 332. The first kappa shape index (κ1) is 11.6. The van der Waals surface area contributed by atoms with Gasteiger partial charge in [0.1, 0.15) is 0 Å². The van der Waals surface area contributed by atoms with Crippen molar-refractivity contribution >= 4 is 0 Å². The van der Waals surface area contributed by atoms with Gasteiger partial charge in [-0.25, -0.2) is 0 Å². The van der Waals surface area contributed by atoms with Crippen molar-refractivity contribution in [3.63, 3.8) is 0 Å². The zero-order chi connectivity index (χ0) is 11.5. The first-order valence-corrected chi connectivity index (χ1v) is 6.48. The van der Waals surface area contributed by atoms with Crippen molar-refractivity contribution < 1.29 is 0 Å². The number of hydrogen-bond acceptors (Lipinski definition) is 2. The number of nitrogens with two attached hydrogens (primary N) is 1. The highest BCUT2D eigenvalue weighted by atomic mass is 15.3. The topological polar surface area (TPSA) is 43.8 Å². The second kappa shape index (κ2) is 5.00. The zero-order valence-corrected chi connectivity index (χ0v) is 10.4. The van der Waals surface area contributed by atoms with E-state index in [0.29, 0.717) is 12.0 Å². The molecule has 0 radical (unpaired) electrons. The van der Waals surface area contributed by atoms with Gasteiger partial charge in [0.05, 0.1) is 6.20 Å². The molecule has 3 heteroatoms. The quantitative estimate of drug-likeness (QED) is 0.852. The van der Waals surface area contributed by atoms with Crippen LogP contribution in [0.4, 0.5) is 0 Å². The van der Waals surface area contributed by atoms with E-state index < -0.39 is 0 Å². The average Bonchev–Trinajstić information content (AvgIpc) is 2.71. The second-order valence-electron chi connectivity index (χ2n) is 5.23. The van der Waals surface area contributed by atoms with Crippen LogP contribution in [0.1, 0.15) is 51.0 Å². The lowest BCUT2D eigenvalue weighted by molar-refractivity contribution is 0.306. The van der Waals surface area contributed by atoms with Gasteiger partial charge in [0, 0.05) is 24.7 Å². The molecule has 0 saturated heterocycles. The molecule has 1 aromatic rings. The minimum atomic E-state index is 0.329. The molecule has 1 aromatic heterocycles. The van der Waals surface area contributed by atoms with Gasteiger partial charge in [-0.1, -0.05) is 13.8 Å². The molecule has 1 heterocycles. The van der Waals surface area contributed by atoms with Crippen LogP contribution in [0.25, 0.3) is 0 Å². The maximum Gasteiger partial charge on any atom is 0.0525 e. The van der Waals surface area contributed by atoms with Crippen LogP contribution >= 0.6 is 0 Å². The minimum Gasteiger partial charge on any atom is -0.327 e. The van der Waals surface area contributed by atoms with Gasteiger partial charge in [-0.15, -0.1) is 0 Å². The number of aryl methyl sites for hydroxylation is 1. The van der Waals surface area contributed by atoms with Gasteiger partial charge in [-0.3, -0.25) is 4.68 Å². The molecule has 0 bridgehead atoms. The fraction of sp³-hybridized carbons (Fsp3) is 0.769. The molecule has 2 N–H and O–H groups in total. The van der Waals surface area contributed by atoms with E-state index in [9.17, 15) is 0 Å². The van der Waals surface area contributed by atoms with Crippen LogP contribution in [0.2, 0.25) is 0 Å². The van der Waals surface area contributed by atoms with Crippen molar-refractivity contribution in [2.45, 2.75) is 58.0 Å². The van der Waals surface area contributed by atoms with Crippen molar-refractivity contribution in [1.29, 1.82) is 0 Å². The molecule has 3 atom stereocenters. The Morgan fingerprint density at radius 2 is 2.31 bits per heavy atom. The van der Waals surface area contributed by atoms with Crippen molar-refractivity contribution in [3.8, 4) is 0 Å². The van der Waals surface area contributed by atoms with Gasteiger partial charge in [0.2, 0.25) is 0 Å². The molecule has 1 fully saturated rings. The van der Waals surface area contributed by atoms with Gasteiger partial charge in [-0.05, 0) is 37.2 Å². The molecule has 90 valence electrons. The monoisotopic (exact) mass is 221 g/mol. The van der Waals surface area contributed by atoms with Gasteiger partial charge in [0.15, 0.2) is 0 Å². The van der Waals surface area contributed by atoms with Crippen molar-refractivity contribution in [2.24, 2.45) is 11.7 Å². The molecule has 1 aliphatic carbocycles. The van der Waals surface area contributed by atoms with E-state index in [4.69, 9.17) is 5.73 Å². The summed E-state index contributed by atoms with van der Waals surface area (Å²) in [5.41, 5.74) is 7.56. The average molecular weight is 221 g/mol. The van der Waals surface area contributed by atoms with Gasteiger partial charge < -0.3 is 5.73 Å². The maximum absolute atomic E-state index is 6.22. The fourth-order valence-electron chi connectivity index (χ4n) is 2.71. The number of nitrogens with zero attached hydrogens (tertiary/aromatic N) is 2. The Labute approximate surface area is 98.0 Å². The smallest absolute Gasteiger partial charge is 0.0525 e. The summed E-state index contributed by atoms with van der Waals surface area (Å²) in [6.07, 6.45) is 8.99. The summed E-state index contributed by atoms with van der Waals surface area (Å²) in [6.45, 7) is 5.52. The molecule has 0 spiro atoms. The summed E-state index contributed by atoms with van der Waals surface area (Å²) in [4.78, 5) is 0. The first-order valence-electron chi connectivity index (χ1n) is 6.48. The minimum absolute atomic E-state index is 0.329. The molecule has 0 aliphatic heterocycles. The lowest BCUT2D eigenvalue weighted by atomic mass is 9.77. The van der Waals surface area contributed by atoms with Crippen molar-refractivity contribution in [1.82, 2.24) is 9.78 Å². The van der Waals surface area contributed by atoms with Crippen molar-refractivity contribution in [3.05, 3.63) is 18.0 Å². The van der Waals surface area contributed by atoms with Gasteiger partial charge in [0.25, 0.3) is 0 Å². The molecule has 2 rings (SSSR count). The Kier molecular flexibility index (Phi) is 3.64. The predicted octanol–water partition coefficient (Wildman–Crippen LogP) is 2.52. The third-order valence-corrected chi connectivity index (χ3v) is 3.70. The van der Waals surface area contributed by atoms with E-state index in [1.807, 2.05) is 10.9 Å². The standard InChI is InChI=1S/C13H23N3/c1-3-6-16-9-11(8-15-16)12-7-10(2)4-5-13(12)14/h8-10,12-13H,3-7,14H2,1-2H3. The van der Waals surface area contributed by atoms with Crippen LogP contribution in [0.3, 0.4) is 0 Å². The van der Waals surface area contributed by atoms with E-state index in [1.54, 1.807) is 0 Å². The van der Waals surface area contributed by atoms with Gasteiger partial charge in [-0.2, -0.15) is 5.10 Å². The van der Waals surface area contributed by atoms with Crippen LogP contribution in [0.5, 0.6) is 0 Å². The Balaban J connectivity index is 2.08. The van der Waals surface area contributed by atoms with E-state index >= 15 is 0 Å². The molecule has 1 saturated carbocycles. The highest BCUT2D eigenvalue weighted by Crippen LogP contribution is 2.34. The summed E-state index contributed by atoms with van der Waals surface area (Å²) in [6, 6.07) is 0.329.